The van der Waals surface area contributed by atoms with Crippen LogP contribution in [0.2, 0.25) is 0 Å². The van der Waals surface area contributed by atoms with Gasteiger partial charge in [-0.2, -0.15) is 4.98 Å². The van der Waals surface area contributed by atoms with Crippen LogP contribution in [0.25, 0.3) is 11.2 Å². The van der Waals surface area contributed by atoms with Gasteiger partial charge in [-0.3, -0.25) is 0 Å². The van der Waals surface area contributed by atoms with Gasteiger partial charge in [-0.1, -0.05) is 13.8 Å². The summed E-state index contributed by atoms with van der Waals surface area (Å²) >= 11 is 5.99. The monoisotopic (exact) mass is 311 g/mol. The molecule has 0 saturated heterocycles. The van der Waals surface area contributed by atoms with Gasteiger partial charge in [-0.05, 0) is 18.4 Å². The largest absolute Gasteiger partial charge is 0.481 e. The average molecular weight is 312 g/mol. The minimum atomic E-state index is 0.367. The quantitative estimate of drug-likeness (QED) is 0.555. The van der Waals surface area contributed by atoms with Crippen molar-refractivity contribution < 1.29 is 9.47 Å². The van der Waals surface area contributed by atoms with E-state index in [-0.39, 0.29) is 0 Å². The van der Waals surface area contributed by atoms with E-state index in [4.69, 9.17) is 21.1 Å². The molecule has 0 unspecified atom stereocenters. The summed E-state index contributed by atoms with van der Waals surface area (Å²) in [4.78, 5) is 8.97. The molecule has 0 radical (unpaired) electrons. The van der Waals surface area contributed by atoms with Crippen LogP contribution in [0.3, 0.4) is 0 Å². The van der Waals surface area contributed by atoms with Crippen LogP contribution in [0, 0.1) is 5.92 Å². The number of ether oxygens (including phenoxy) is 2. The molecule has 0 spiro atoms. The highest BCUT2D eigenvalue weighted by Gasteiger charge is 2.12. The van der Waals surface area contributed by atoms with Crippen molar-refractivity contribution in [3.63, 3.8) is 0 Å². The van der Waals surface area contributed by atoms with Gasteiger partial charge in [-0.25, -0.2) is 4.98 Å². The number of hydrogen-bond donors (Lipinski definition) is 0. The molecule has 2 aromatic heterocycles. The van der Waals surface area contributed by atoms with Gasteiger partial charge in [0.2, 0.25) is 5.88 Å². The fraction of sp³-hybridized carbons (Fsp3) is 0.600. The fourth-order valence-electron chi connectivity index (χ4n) is 2.13. The first-order valence-electron chi connectivity index (χ1n) is 7.19. The topological polar surface area (TPSA) is 49.2 Å². The van der Waals surface area contributed by atoms with Crippen molar-refractivity contribution in [3.8, 4) is 5.88 Å². The normalized spacial score (nSPS) is 11.5. The lowest BCUT2D eigenvalue weighted by Crippen LogP contribution is -2.08. The lowest BCUT2D eigenvalue weighted by molar-refractivity contribution is 0.105. The summed E-state index contributed by atoms with van der Waals surface area (Å²) in [5, 5.41) is 0. The summed E-state index contributed by atoms with van der Waals surface area (Å²) in [6.45, 7) is 6.59. The molecule has 21 heavy (non-hydrogen) atoms. The van der Waals surface area contributed by atoms with Crippen molar-refractivity contribution in [1.82, 2.24) is 14.5 Å². The van der Waals surface area contributed by atoms with Crippen LogP contribution in [0.1, 0.15) is 26.1 Å². The minimum absolute atomic E-state index is 0.367. The van der Waals surface area contributed by atoms with E-state index < -0.39 is 0 Å². The second kappa shape index (κ2) is 7.61. The molecular formula is C15H22ClN3O2. The number of pyridine rings is 1. The number of aryl methyl sites for hydroxylation is 1. The zero-order valence-corrected chi connectivity index (χ0v) is 13.6. The van der Waals surface area contributed by atoms with E-state index in [2.05, 4.69) is 23.8 Å². The molecule has 0 aliphatic rings. The lowest BCUT2D eigenvalue weighted by Gasteiger charge is -2.09. The van der Waals surface area contributed by atoms with Crippen LogP contribution < -0.4 is 4.74 Å². The van der Waals surface area contributed by atoms with E-state index in [0.717, 1.165) is 43.2 Å². The van der Waals surface area contributed by atoms with Gasteiger partial charge in [0.1, 0.15) is 11.3 Å². The standard InChI is InChI=1S/C15H22ClN3O2/c1-11(2)10-21-8-4-7-19-13(9-16)17-12-5-6-14(20-3)18-15(12)19/h5-6,11H,4,7-10H2,1-3H3. The third kappa shape index (κ3) is 4.08. The Morgan fingerprint density at radius 3 is 2.76 bits per heavy atom. The maximum Gasteiger partial charge on any atom is 0.215 e. The molecule has 116 valence electrons. The van der Waals surface area contributed by atoms with Crippen LogP contribution >= 0.6 is 11.6 Å². The number of rotatable bonds is 8. The summed E-state index contributed by atoms with van der Waals surface area (Å²) in [6.07, 6.45) is 0.904. The number of fused-ring (bicyclic) bond motifs is 1. The zero-order valence-electron chi connectivity index (χ0n) is 12.8. The first-order valence-corrected chi connectivity index (χ1v) is 7.73. The lowest BCUT2D eigenvalue weighted by atomic mass is 10.2. The smallest absolute Gasteiger partial charge is 0.215 e. The molecule has 0 amide bonds. The summed E-state index contributed by atoms with van der Waals surface area (Å²) < 4.78 is 12.8. The van der Waals surface area contributed by atoms with Gasteiger partial charge >= 0.3 is 0 Å². The summed E-state index contributed by atoms with van der Waals surface area (Å²) in [7, 11) is 1.61. The number of nitrogens with zero attached hydrogens (tertiary/aromatic N) is 3. The maximum absolute atomic E-state index is 5.99. The molecule has 0 atom stereocenters. The van der Waals surface area contributed by atoms with Crippen molar-refractivity contribution in [2.24, 2.45) is 5.92 Å². The second-order valence-corrected chi connectivity index (χ2v) is 5.60. The van der Waals surface area contributed by atoms with Crippen LogP contribution in [-0.4, -0.2) is 34.9 Å². The molecule has 2 aromatic rings. The number of methoxy groups -OCH3 is 1. The molecule has 0 bridgehead atoms. The van der Waals surface area contributed by atoms with Gasteiger partial charge in [0, 0.05) is 25.8 Å². The molecule has 2 heterocycles. The Bertz CT molecular complexity index is 584. The Balaban J connectivity index is 2.09. The number of alkyl halides is 1. The summed E-state index contributed by atoms with van der Waals surface area (Å²) in [5.74, 6) is 2.34. The van der Waals surface area contributed by atoms with Gasteiger partial charge in [0.05, 0.1) is 13.0 Å². The van der Waals surface area contributed by atoms with Crippen LogP contribution in [0.4, 0.5) is 0 Å². The zero-order chi connectivity index (χ0) is 15.2. The molecule has 0 saturated carbocycles. The number of hydrogen-bond acceptors (Lipinski definition) is 4. The Kier molecular flexibility index (Phi) is 5.82. The predicted molar refractivity (Wildman–Crippen MR) is 83.9 cm³/mol. The third-order valence-electron chi connectivity index (χ3n) is 3.10. The molecule has 0 aromatic carbocycles. The minimum Gasteiger partial charge on any atom is -0.481 e. The summed E-state index contributed by atoms with van der Waals surface area (Å²) in [6, 6.07) is 3.71. The van der Waals surface area contributed by atoms with Crippen LogP contribution in [0.15, 0.2) is 12.1 Å². The number of aromatic nitrogens is 3. The fourth-order valence-corrected chi connectivity index (χ4v) is 2.33. The Hall–Kier alpha value is -1.33. The van der Waals surface area contributed by atoms with Crippen molar-refractivity contribution in [2.45, 2.75) is 32.7 Å². The van der Waals surface area contributed by atoms with E-state index in [1.54, 1.807) is 7.11 Å². The number of halogens is 1. The van der Waals surface area contributed by atoms with Crippen molar-refractivity contribution in [3.05, 3.63) is 18.0 Å². The van der Waals surface area contributed by atoms with E-state index in [9.17, 15) is 0 Å². The van der Waals surface area contributed by atoms with Gasteiger partial charge < -0.3 is 14.0 Å². The third-order valence-corrected chi connectivity index (χ3v) is 3.34. The van der Waals surface area contributed by atoms with E-state index >= 15 is 0 Å². The Labute approximate surface area is 130 Å². The highest BCUT2D eigenvalue weighted by atomic mass is 35.5. The van der Waals surface area contributed by atoms with Crippen molar-refractivity contribution >= 4 is 22.8 Å². The molecule has 0 N–H and O–H groups in total. The highest BCUT2D eigenvalue weighted by molar-refractivity contribution is 6.16. The van der Waals surface area contributed by atoms with Gasteiger partial charge in [0.15, 0.2) is 5.65 Å². The van der Waals surface area contributed by atoms with Gasteiger partial charge in [0.25, 0.3) is 0 Å². The van der Waals surface area contributed by atoms with E-state index in [1.165, 1.54) is 0 Å². The van der Waals surface area contributed by atoms with E-state index in [1.807, 2.05) is 16.7 Å². The van der Waals surface area contributed by atoms with Crippen LogP contribution in [-0.2, 0) is 17.2 Å². The van der Waals surface area contributed by atoms with E-state index in [0.29, 0.717) is 17.7 Å². The molecule has 0 aliphatic carbocycles. The Morgan fingerprint density at radius 2 is 2.10 bits per heavy atom. The molecule has 5 nitrogen and oxygen atoms in total. The van der Waals surface area contributed by atoms with Gasteiger partial charge in [-0.15, -0.1) is 11.6 Å². The molecule has 2 rings (SSSR count). The van der Waals surface area contributed by atoms with Crippen molar-refractivity contribution in [2.75, 3.05) is 20.3 Å². The molecule has 0 fully saturated rings. The molecule has 0 aliphatic heterocycles. The SMILES string of the molecule is COc1ccc2nc(CCl)n(CCCOCC(C)C)c2n1. The summed E-state index contributed by atoms with van der Waals surface area (Å²) in [5.41, 5.74) is 1.66. The predicted octanol–water partition coefficient (Wildman–Crippen LogP) is 3.24. The first kappa shape index (κ1) is 16.0. The average Bonchev–Trinajstić information content (AvgIpc) is 2.83. The highest BCUT2D eigenvalue weighted by Crippen LogP contribution is 2.19. The second-order valence-electron chi connectivity index (χ2n) is 5.33. The van der Waals surface area contributed by atoms with Crippen LogP contribution in [0.5, 0.6) is 5.88 Å². The van der Waals surface area contributed by atoms with Crippen molar-refractivity contribution in [1.29, 1.82) is 0 Å². The Morgan fingerprint density at radius 1 is 1.29 bits per heavy atom. The first-order chi connectivity index (χ1) is 10.2. The molecule has 6 heteroatoms. The maximum atomic E-state index is 5.99. The molecular weight excluding hydrogens is 290 g/mol. The number of imidazole rings is 1.